The van der Waals surface area contributed by atoms with Crippen molar-refractivity contribution in [3.8, 4) is 0 Å². The topological polar surface area (TPSA) is 55.9 Å². The van der Waals surface area contributed by atoms with Crippen molar-refractivity contribution in [3.63, 3.8) is 0 Å². The second-order valence-corrected chi connectivity index (χ2v) is 6.81. The van der Waals surface area contributed by atoms with Crippen LogP contribution < -0.4 is 10.2 Å². The van der Waals surface area contributed by atoms with Crippen LogP contribution in [0.3, 0.4) is 0 Å². The van der Waals surface area contributed by atoms with Crippen LogP contribution in [0.15, 0.2) is 30.3 Å². The summed E-state index contributed by atoms with van der Waals surface area (Å²) >= 11 is 0. The number of benzene rings is 1. The van der Waals surface area contributed by atoms with Crippen LogP contribution in [0.2, 0.25) is 0 Å². The number of nitrogens with one attached hydrogen (secondary N) is 1. The molecule has 136 valence electrons. The Hall–Kier alpha value is -1.92. The number of para-hydroxylation sites is 1. The van der Waals surface area contributed by atoms with Crippen LogP contribution in [0.4, 0.5) is 5.69 Å². The molecule has 3 rings (SSSR count). The van der Waals surface area contributed by atoms with E-state index in [-0.39, 0.29) is 17.7 Å². The Morgan fingerprint density at radius 1 is 1.12 bits per heavy atom. The first-order chi connectivity index (χ1) is 12.2. The molecule has 0 spiro atoms. The SMILES string of the molecule is CCN1CCN(CCNC(=O)C2CC(=O)N(c3ccccc3)C2)CC1. The van der Waals surface area contributed by atoms with Crippen LogP contribution in [0.5, 0.6) is 0 Å². The van der Waals surface area contributed by atoms with Crippen LogP contribution in [-0.4, -0.2) is 74.0 Å². The molecule has 0 saturated carbocycles. The fraction of sp³-hybridized carbons (Fsp3) is 0.579. The van der Waals surface area contributed by atoms with Gasteiger partial charge in [0.25, 0.3) is 0 Å². The van der Waals surface area contributed by atoms with Crippen molar-refractivity contribution in [3.05, 3.63) is 30.3 Å². The molecule has 2 aliphatic rings. The van der Waals surface area contributed by atoms with Gasteiger partial charge in [-0.05, 0) is 18.7 Å². The molecule has 1 N–H and O–H groups in total. The largest absolute Gasteiger partial charge is 0.355 e. The monoisotopic (exact) mass is 344 g/mol. The minimum absolute atomic E-state index is 0.000949. The molecule has 2 fully saturated rings. The van der Waals surface area contributed by atoms with E-state index in [4.69, 9.17) is 0 Å². The van der Waals surface area contributed by atoms with Crippen LogP contribution >= 0.6 is 0 Å². The van der Waals surface area contributed by atoms with E-state index in [1.165, 1.54) is 0 Å². The predicted molar refractivity (Wildman–Crippen MR) is 98.5 cm³/mol. The van der Waals surface area contributed by atoms with Gasteiger partial charge in [-0.25, -0.2) is 0 Å². The molecule has 0 bridgehead atoms. The van der Waals surface area contributed by atoms with Gasteiger partial charge < -0.3 is 15.1 Å². The lowest BCUT2D eigenvalue weighted by atomic mass is 10.1. The van der Waals surface area contributed by atoms with Gasteiger partial charge in [-0.1, -0.05) is 25.1 Å². The molecule has 0 aliphatic carbocycles. The lowest BCUT2D eigenvalue weighted by molar-refractivity contribution is -0.126. The minimum Gasteiger partial charge on any atom is -0.355 e. The van der Waals surface area contributed by atoms with Gasteiger partial charge in [0.05, 0.1) is 5.92 Å². The number of rotatable bonds is 6. The van der Waals surface area contributed by atoms with Crippen molar-refractivity contribution in [2.75, 3.05) is 57.3 Å². The maximum absolute atomic E-state index is 12.4. The minimum atomic E-state index is -0.246. The van der Waals surface area contributed by atoms with E-state index in [1.807, 2.05) is 30.3 Å². The number of amides is 2. The van der Waals surface area contributed by atoms with Crippen molar-refractivity contribution in [2.24, 2.45) is 5.92 Å². The summed E-state index contributed by atoms with van der Waals surface area (Å²) in [5.74, 6) is -0.217. The first-order valence-electron chi connectivity index (χ1n) is 9.25. The predicted octanol–water partition coefficient (Wildman–Crippen LogP) is 0.793. The van der Waals surface area contributed by atoms with Crippen molar-refractivity contribution in [2.45, 2.75) is 13.3 Å². The summed E-state index contributed by atoms with van der Waals surface area (Å²) in [6.07, 6.45) is 0.301. The number of carbonyl (C=O) groups is 2. The number of piperazine rings is 1. The average Bonchev–Trinajstić information content (AvgIpc) is 3.05. The third-order valence-corrected chi connectivity index (χ3v) is 5.20. The molecule has 6 nitrogen and oxygen atoms in total. The van der Waals surface area contributed by atoms with Gasteiger partial charge in [-0.3, -0.25) is 14.5 Å². The van der Waals surface area contributed by atoms with E-state index in [1.54, 1.807) is 4.90 Å². The van der Waals surface area contributed by atoms with Gasteiger partial charge in [0.15, 0.2) is 0 Å². The highest BCUT2D eigenvalue weighted by Gasteiger charge is 2.34. The molecule has 25 heavy (non-hydrogen) atoms. The van der Waals surface area contributed by atoms with Crippen LogP contribution in [0.1, 0.15) is 13.3 Å². The van der Waals surface area contributed by atoms with E-state index in [0.717, 1.165) is 45.0 Å². The molecule has 2 amide bonds. The second kappa shape index (κ2) is 8.45. The number of hydrogen-bond acceptors (Lipinski definition) is 4. The molecule has 1 aromatic rings. The molecule has 0 aromatic heterocycles. The van der Waals surface area contributed by atoms with Gasteiger partial charge in [0.1, 0.15) is 0 Å². The molecule has 0 radical (unpaired) electrons. The smallest absolute Gasteiger partial charge is 0.227 e. The highest BCUT2D eigenvalue weighted by molar-refractivity contribution is 6.00. The molecule has 6 heteroatoms. The van der Waals surface area contributed by atoms with E-state index in [9.17, 15) is 9.59 Å². The van der Waals surface area contributed by atoms with Crippen LogP contribution in [-0.2, 0) is 9.59 Å². The fourth-order valence-corrected chi connectivity index (χ4v) is 3.55. The van der Waals surface area contributed by atoms with Crippen molar-refractivity contribution >= 4 is 17.5 Å². The summed E-state index contributed by atoms with van der Waals surface area (Å²) in [5, 5.41) is 3.02. The third-order valence-electron chi connectivity index (χ3n) is 5.20. The number of nitrogens with zero attached hydrogens (tertiary/aromatic N) is 3. The first-order valence-corrected chi connectivity index (χ1v) is 9.25. The maximum Gasteiger partial charge on any atom is 0.227 e. The quantitative estimate of drug-likeness (QED) is 0.829. The molecule has 1 atom stereocenters. The highest BCUT2D eigenvalue weighted by Crippen LogP contribution is 2.24. The summed E-state index contributed by atoms with van der Waals surface area (Å²) in [7, 11) is 0. The van der Waals surface area contributed by atoms with Crippen molar-refractivity contribution < 1.29 is 9.59 Å². The lowest BCUT2D eigenvalue weighted by Gasteiger charge is -2.34. The Bertz CT molecular complexity index is 584. The Kier molecular flexibility index (Phi) is 6.04. The molecular formula is C19H28N4O2. The zero-order valence-corrected chi connectivity index (χ0v) is 15.0. The molecular weight excluding hydrogens is 316 g/mol. The Balaban J connectivity index is 1.41. The summed E-state index contributed by atoms with van der Waals surface area (Å²) in [6.45, 7) is 9.65. The Labute approximate surface area is 149 Å². The summed E-state index contributed by atoms with van der Waals surface area (Å²) in [5.41, 5.74) is 0.872. The number of likely N-dealkylation sites (N-methyl/N-ethyl adjacent to an activating group) is 1. The zero-order valence-electron chi connectivity index (χ0n) is 15.0. The highest BCUT2D eigenvalue weighted by atomic mass is 16.2. The van der Waals surface area contributed by atoms with Crippen molar-refractivity contribution in [1.82, 2.24) is 15.1 Å². The van der Waals surface area contributed by atoms with Gasteiger partial charge >= 0.3 is 0 Å². The second-order valence-electron chi connectivity index (χ2n) is 6.81. The van der Waals surface area contributed by atoms with E-state index >= 15 is 0 Å². The van der Waals surface area contributed by atoms with Gasteiger partial charge in [0, 0.05) is 57.9 Å². The molecule has 2 heterocycles. The molecule has 2 aliphatic heterocycles. The summed E-state index contributed by atoms with van der Waals surface area (Å²) in [4.78, 5) is 31.1. The number of hydrogen-bond donors (Lipinski definition) is 1. The van der Waals surface area contributed by atoms with Gasteiger partial charge in [0.2, 0.25) is 11.8 Å². The fourth-order valence-electron chi connectivity index (χ4n) is 3.55. The van der Waals surface area contributed by atoms with Gasteiger partial charge in [-0.2, -0.15) is 0 Å². The molecule has 1 aromatic carbocycles. The van der Waals surface area contributed by atoms with E-state index in [0.29, 0.717) is 19.5 Å². The Morgan fingerprint density at radius 3 is 2.48 bits per heavy atom. The van der Waals surface area contributed by atoms with E-state index in [2.05, 4.69) is 22.0 Å². The lowest BCUT2D eigenvalue weighted by Crippen LogP contribution is -2.48. The van der Waals surface area contributed by atoms with Crippen LogP contribution in [0.25, 0.3) is 0 Å². The maximum atomic E-state index is 12.4. The molecule has 2 saturated heterocycles. The zero-order chi connectivity index (χ0) is 17.6. The normalized spacial score (nSPS) is 22.4. The van der Waals surface area contributed by atoms with E-state index < -0.39 is 0 Å². The summed E-state index contributed by atoms with van der Waals surface area (Å²) in [6, 6.07) is 9.57. The summed E-state index contributed by atoms with van der Waals surface area (Å²) < 4.78 is 0. The van der Waals surface area contributed by atoms with Gasteiger partial charge in [-0.15, -0.1) is 0 Å². The Morgan fingerprint density at radius 2 is 1.80 bits per heavy atom. The molecule has 1 unspecified atom stereocenters. The van der Waals surface area contributed by atoms with Crippen LogP contribution in [0, 0.1) is 5.92 Å². The average molecular weight is 344 g/mol. The number of anilines is 1. The third kappa shape index (κ3) is 4.58. The standard InChI is InChI=1S/C19H28N4O2/c1-2-21-10-12-22(13-11-21)9-8-20-19(25)16-14-18(24)23(15-16)17-6-4-3-5-7-17/h3-7,16H,2,8-15H2,1H3,(H,20,25). The first kappa shape index (κ1) is 17.9. The number of carbonyl (C=O) groups excluding carboxylic acids is 2. The van der Waals surface area contributed by atoms with Crippen molar-refractivity contribution in [1.29, 1.82) is 0 Å².